The predicted octanol–water partition coefficient (Wildman–Crippen LogP) is -0.0511. The first-order chi connectivity index (χ1) is 12.4. The number of aliphatic imine (C=N–C) groups is 1. The van der Waals surface area contributed by atoms with Crippen molar-refractivity contribution in [1.82, 2.24) is 25.3 Å². The second-order valence-electron chi connectivity index (χ2n) is 6.55. The van der Waals surface area contributed by atoms with Gasteiger partial charge >= 0.3 is 0 Å². The largest absolute Gasteiger partial charge is 0.357 e. The zero-order valence-corrected chi connectivity index (χ0v) is 16.0. The first-order valence-electron chi connectivity index (χ1n) is 9.02. The molecule has 1 saturated heterocycles. The molecule has 0 aromatic carbocycles. The molecule has 2 N–H and O–H groups in total. The van der Waals surface area contributed by atoms with Crippen molar-refractivity contribution < 1.29 is 9.59 Å². The lowest BCUT2D eigenvalue weighted by molar-refractivity contribution is -0.121. The van der Waals surface area contributed by atoms with E-state index in [1.807, 2.05) is 38.9 Å². The molecule has 1 fully saturated rings. The molecular formula is C17H29N7O2. The number of piperazine rings is 1. The molecule has 144 valence electrons. The van der Waals surface area contributed by atoms with Crippen LogP contribution < -0.4 is 15.5 Å². The second-order valence-corrected chi connectivity index (χ2v) is 6.55. The Morgan fingerprint density at radius 2 is 2.15 bits per heavy atom. The van der Waals surface area contributed by atoms with Crippen LogP contribution in [0, 0.1) is 0 Å². The average molecular weight is 363 g/mol. The van der Waals surface area contributed by atoms with Gasteiger partial charge in [-0.05, 0) is 20.8 Å². The van der Waals surface area contributed by atoms with Gasteiger partial charge in [-0.1, -0.05) is 0 Å². The van der Waals surface area contributed by atoms with E-state index in [2.05, 4.69) is 20.7 Å². The van der Waals surface area contributed by atoms with Crippen LogP contribution in [0.3, 0.4) is 0 Å². The van der Waals surface area contributed by atoms with Gasteiger partial charge in [-0.15, -0.1) is 0 Å². The van der Waals surface area contributed by atoms with Gasteiger partial charge in [0.1, 0.15) is 6.54 Å². The molecular weight excluding hydrogens is 334 g/mol. The van der Waals surface area contributed by atoms with Crippen molar-refractivity contribution in [2.24, 2.45) is 12.0 Å². The highest BCUT2D eigenvalue weighted by atomic mass is 16.2. The monoisotopic (exact) mass is 363 g/mol. The summed E-state index contributed by atoms with van der Waals surface area (Å²) in [4.78, 5) is 32.4. The van der Waals surface area contributed by atoms with E-state index in [1.54, 1.807) is 15.8 Å². The fraction of sp³-hybridized carbons (Fsp3) is 0.647. The first kappa shape index (κ1) is 19.7. The smallest absolute Gasteiger partial charge is 0.246 e. The van der Waals surface area contributed by atoms with E-state index in [-0.39, 0.29) is 24.4 Å². The number of aryl methyl sites for hydroxylation is 1. The summed E-state index contributed by atoms with van der Waals surface area (Å²) in [6, 6.07) is 0.123. The molecule has 0 radical (unpaired) electrons. The number of nitrogens with one attached hydrogen (secondary N) is 2. The van der Waals surface area contributed by atoms with E-state index >= 15 is 0 Å². The molecule has 1 aromatic rings. The van der Waals surface area contributed by atoms with Crippen LogP contribution in [0.2, 0.25) is 0 Å². The normalized spacial score (nSPS) is 15.6. The molecule has 0 unspecified atom stereocenters. The number of nitrogens with zero attached hydrogens (tertiary/aromatic N) is 5. The summed E-state index contributed by atoms with van der Waals surface area (Å²) in [7, 11) is 1.83. The molecule has 1 aliphatic rings. The van der Waals surface area contributed by atoms with E-state index in [1.165, 1.54) is 0 Å². The second kappa shape index (κ2) is 9.21. The highest BCUT2D eigenvalue weighted by molar-refractivity contribution is 5.98. The lowest BCUT2D eigenvalue weighted by Gasteiger charge is -2.35. The molecule has 0 bridgehead atoms. The molecule has 0 atom stereocenters. The summed E-state index contributed by atoms with van der Waals surface area (Å²) >= 11 is 0. The zero-order chi connectivity index (χ0) is 19.1. The molecule has 9 nitrogen and oxygen atoms in total. The van der Waals surface area contributed by atoms with Gasteiger partial charge in [0.05, 0.1) is 18.4 Å². The Hall–Kier alpha value is -2.58. The summed E-state index contributed by atoms with van der Waals surface area (Å²) in [5.74, 6) is 0.661. The van der Waals surface area contributed by atoms with E-state index < -0.39 is 0 Å². The quantitative estimate of drug-likeness (QED) is 0.546. The maximum atomic E-state index is 12.5. The number of aromatic nitrogens is 2. The van der Waals surface area contributed by atoms with Crippen molar-refractivity contribution in [2.45, 2.75) is 33.2 Å². The maximum absolute atomic E-state index is 12.5. The van der Waals surface area contributed by atoms with Crippen LogP contribution >= 0.6 is 0 Å². The Kier molecular flexibility index (Phi) is 6.99. The van der Waals surface area contributed by atoms with Crippen LogP contribution in [0.15, 0.2) is 17.4 Å². The fourth-order valence-electron chi connectivity index (χ4n) is 2.76. The molecule has 0 saturated carbocycles. The van der Waals surface area contributed by atoms with Gasteiger partial charge < -0.3 is 20.4 Å². The third kappa shape index (κ3) is 5.47. The lowest BCUT2D eigenvalue weighted by atomic mass is 10.3. The van der Waals surface area contributed by atoms with E-state index in [0.717, 1.165) is 5.69 Å². The number of carbonyl (C=O) groups is 2. The number of rotatable bonds is 6. The Morgan fingerprint density at radius 3 is 2.73 bits per heavy atom. The zero-order valence-electron chi connectivity index (χ0n) is 16.0. The Labute approximate surface area is 154 Å². The maximum Gasteiger partial charge on any atom is 0.246 e. The Balaban J connectivity index is 1.94. The van der Waals surface area contributed by atoms with Gasteiger partial charge in [-0.3, -0.25) is 19.3 Å². The number of amides is 2. The van der Waals surface area contributed by atoms with Crippen molar-refractivity contribution in [3.63, 3.8) is 0 Å². The summed E-state index contributed by atoms with van der Waals surface area (Å²) in [6.45, 7) is 8.42. The summed E-state index contributed by atoms with van der Waals surface area (Å²) in [6.07, 6.45) is 3.86. The average Bonchev–Trinajstić information content (AvgIpc) is 2.99. The highest BCUT2D eigenvalue weighted by Gasteiger charge is 2.27. The van der Waals surface area contributed by atoms with Gasteiger partial charge in [0.25, 0.3) is 0 Å². The minimum Gasteiger partial charge on any atom is -0.357 e. The van der Waals surface area contributed by atoms with Crippen LogP contribution in [0.1, 0.15) is 27.2 Å². The Morgan fingerprint density at radius 1 is 1.38 bits per heavy atom. The first-order valence-corrected chi connectivity index (χ1v) is 9.02. The minimum absolute atomic E-state index is 0.00686. The van der Waals surface area contributed by atoms with Crippen LogP contribution in [0.25, 0.3) is 0 Å². The van der Waals surface area contributed by atoms with Gasteiger partial charge in [0, 0.05) is 45.3 Å². The summed E-state index contributed by atoms with van der Waals surface area (Å²) < 4.78 is 1.68. The van der Waals surface area contributed by atoms with Gasteiger partial charge in [-0.25, -0.2) is 0 Å². The van der Waals surface area contributed by atoms with E-state index in [4.69, 9.17) is 0 Å². The highest BCUT2D eigenvalue weighted by Crippen LogP contribution is 2.16. The molecule has 1 aromatic heterocycles. The van der Waals surface area contributed by atoms with Crippen LogP contribution in [0.4, 0.5) is 5.69 Å². The third-order valence-corrected chi connectivity index (χ3v) is 3.91. The number of hydrogen-bond donors (Lipinski definition) is 2. The van der Waals surface area contributed by atoms with Crippen LogP contribution in [-0.4, -0.2) is 71.2 Å². The molecule has 1 aliphatic heterocycles. The van der Waals surface area contributed by atoms with Crippen LogP contribution in [0.5, 0.6) is 0 Å². The fourth-order valence-corrected chi connectivity index (χ4v) is 2.76. The summed E-state index contributed by atoms with van der Waals surface area (Å²) in [5, 5.41) is 10.2. The van der Waals surface area contributed by atoms with Gasteiger partial charge in [-0.2, -0.15) is 5.10 Å². The third-order valence-electron chi connectivity index (χ3n) is 3.91. The Bertz CT molecular complexity index is 653. The topological polar surface area (TPSA) is 94.9 Å². The van der Waals surface area contributed by atoms with E-state index in [9.17, 15) is 9.59 Å². The van der Waals surface area contributed by atoms with Gasteiger partial charge in [0.2, 0.25) is 11.8 Å². The SMILES string of the molecule is CCNC(=NCCC(=O)NC(C)C)N1CCN(c2cnn(C)c2)C(=O)C1. The molecule has 0 aliphatic carbocycles. The molecule has 0 spiro atoms. The molecule has 26 heavy (non-hydrogen) atoms. The molecule has 9 heteroatoms. The number of guanidine groups is 1. The number of hydrogen-bond acceptors (Lipinski definition) is 4. The van der Waals surface area contributed by atoms with E-state index in [0.29, 0.717) is 38.6 Å². The van der Waals surface area contributed by atoms with Crippen molar-refractivity contribution in [3.05, 3.63) is 12.4 Å². The van der Waals surface area contributed by atoms with Crippen molar-refractivity contribution >= 4 is 23.5 Å². The van der Waals surface area contributed by atoms with Crippen molar-refractivity contribution in [2.75, 3.05) is 37.6 Å². The lowest BCUT2D eigenvalue weighted by Crippen LogP contribution is -2.55. The molecule has 2 heterocycles. The standard InChI is InChI=1S/C17H29N7O2/c1-5-18-17(19-7-6-15(25)21-13(2)3)23-8-9-24(16(26)12-23)14-10-20-22(4)11-14/h10-11,13H,5-9,12H2,1-4H3,(H,18,19)(H,21,25). The predicted molar refractivity (Wildman–Crippen MR) is 101 cm³/mol. The van der Waals surface area contributed by atoms with Crippen molar-refractivity contribution in [1.29, 1.82) is 0 Å². The molecule has 2 rings (SSSR count). The summed E-state index contributed by atoms with van der Waals surface area (Å²) in [5.41, 5.74) is 0.810. The minimum atomic E-state index is -0.0166. The number of carbonyl (C=O) groups excluding carboxylic acids is 2. The van der Waals surface area contributed by atoms with Crippen LogP contribution in [-0.2, 0) is 16.6 Å². The number of anilines is 1. The van der Waals surface area contributed by atoms with Crippen molar-refractivity contribution in [3.8, 4) is 0 Å². The van der Waals surface area contributed by atoms with Gasteiger partial charge in [0.15, 0.2) is 5.96 Å². The molecule has 2 amide bonds.